The van der Waals surface area contributed by atoms with Gasteiger partial charge in [-0.05, 0) is 17.7 Å². The summed E-state index contributed by atoms with van der Waals surface area (Å²) in [6.07, 6.45) is -0.312. The van der Waals surface area contributed by atoms with Crippen molar-refractivity contribution in [3.8, 4) is 11.5 Å². The lowest BCUT2D eigenvalue weighted by molar-refractivity contribution is -0.136. The van der Waals surface area contributed by atoms with Crippen molar-refractivity contribution in [1.82, 2.24) is 10.2 Å². The topological polar surface area (TPSA) is 84.9 Å². The molecule has 124 valence electrons. The highest BCUT2D eigenvalue weighted by atomic mass is 16.5. The van der Waals surface area contributed by atoms with E-state index in [4.69, 9.17) is 9.47 Å². The minimum absolute atomic E-state index is 0.153. The molecule has 0 aromatic heterocycles. The minimum atomic E-state index is -0.681. The molecule has 1 heterocycles. The van der Waals surface area contributed by atoms with Crippen LogP contribution in [-0.4, -0.2) is 43.5 Å². The van der Waals surface area contributed by atoms with Crippen LogP contribution in [0.25, 0.3) is 0 Å². The van der Waals surface area contributed by atoms with Crippen molar-refractivity contribution in [2.75, 3.05) is 20.8 Å². The Kier molecular flexibility index (Phi) is 4.58. The van der Waals surface area contributed by atoms with Gasteiger partial charge in [-0.25, -0.2) is 4.79 Å². The zero-order valence-electron chi connectivity index (χ0n) is 13.6. The molecule has 1 saturated heterocycles. The fourth-order valence-electron chi connectivity index (χ4n) is 2.48. The van der Waals surface area contributed by atoms with Gasteiger partial charge in [-0.15, -0.1) is 0 Å². The Bertz CT molecular complexity index is 634. The van der Waals surface area contributed by atoms with Crippen molar-refractivity contribution < 1.29 is 23.9 Å². The number of hydrogen-bond acceptors (Lipinski definition) is 5. The maximum atomic E-state index is 11.9. The van der Waals surface area contributed by atoms with Crippen molar-refractivity contribution in [2.45, 2.75) is 25.7 Å². The second kappa shape index (κ2) is 6.28. The van der Waals surface area contributed by atoms with E-state index in [9.17, 15) is 14.4 Å². The molecule has 0 atom stereocenters. The van der Waals surface area contributed by atoms with Gasteiger partial charge in [0.05, 0.1) is 14.2 Å². The van der Waals surface area contributed by atoms with E-state index in [-0.39, 0.29) is 13.0 Å². The van der Waals surface area contributed by atoms with Crippen molar-refractivity contribution in [2.24, 2.45) is 0 Å². The molecule has 1 fully saturated rings. The van der Waals surface area contributed by atoms with E-state index < -0.39 is 23.3 Å². The Labute approximate surface area is 134 Å². The summed E-state index contributed by atoms with van der Waals surface area (Å²) in [5, 5.41) is 2.16. The zero-order chi connectivity index (χ0) is 17.2. The van der Waals surface area contributed by atoms with E-state index in [1.54, 1.807) is 20.3 Å². The van der Waals surface area contributed by atoms with Crippen molar-refractivity contribution in [3.05, 3.63) is 23.8 Å². The molecular weight excluding hydrogens is 300 g/mol. The number of amides is 4. The first-order valence-electron chi connectivity index (χ1n) is 7.15. The second-order valence-electron chi connectivity index (χ2n) is 5.96. The number of nitrogens with zero attached hydrogens (tertiary/aromatic N) is 1. The van der Waals surface area contributed by atoms with Gasteiger partial charge in [0.25, 0.3) is 0 Å². The van der Waals surface area contributed by atoms with Crippen LogP contribution in [0.2, 0.25) is 0 Å². The first kappa shape index (κ1) is 16.8. The summed E-state index contributed by atoms with van der Waals surface area (Å²) < 4.78 is 10.5. The van der Waals surface area contributed by atoms with Gasteiger partial charge < -0.3 is 9.47 Å². The third-order valence-electron chi connectivity index (χ3n) is 3.82. The maximum Gasteiger partial charge on any atom is 0.330 e. The Morgan fingerprint density at radius 2 is 1.78 bits per heavy atom. The molecule has 7 heteroatoms. The summed E-state index contributed by atoms with van der Waals surface area (Å²) >= 11 is 0. The van der Waals surface area contributed by atoms with Crippen LogP contribution in [-0.2, 0) is 15.0 Å². The SMILES string of the molecule is COc1ccc(C(C)(C)CN2C(=O)CC(=O)NC2=O)cc1OC. The molecule has 1 aliphatic heterocycles. The fraction of sp³-hybridized carbons (Fsp3) is 0.438. The highest BCUT2D eigenvalue weighted by Crippen LogP contribution is 2.33. The fourth-order valence-corrected chi connectivity index (χ4v) is 2.48. The van der Waals surface area contributed by atoms with E-state index in [2.05, 4.69) is 5.32 Å². The van der Waals surface area contributed by atoms with Gasteiger partial charge in [0.1, 0.15) is 6.42 Å². The van der Waals surface area contributed by atoms with Gasteiger partial charge in [-0.1, -0.05) is 19.9 Å². The molecule has 1 aromatic carbocycles. The predicted octanol–water partition coefficient (Wildman–Crippen LogP) is 1.45. The molecule has 4 amide bonds. The Balaban J connectivity index is 2.26. The number of benzene rings is 1. The van der Waals surface area contributed by atoms with E-state index in [1.807, 2.05) is 26.0 Å². The molecule has 0 aliphatic carbocycles. The minimum Gasteiger partial charge on any atom is -0.493 e. The van der Waals surface area contributed by atoms with Crippen molar-refractivity contribution in [1.29, 1.82) is 0 Å². The van der Waals surface area contributed by atoms with E-state index in [1.165, 1.54) is 0 Å². The first-order valence-corrected chi connectivity index (χ1v) is 7.15. The summed E-state index contributed by atoms with van der Waals surface area (Å²) in [4.78, 5) is 36.1. The Morgan fingerprint density at radius 3 is 2.35 bits per heavy atom. The number of nitrogens with one attached hydrogen (secondary N) is 1. The van der Waals surface area contributed by atoms with E-state index in [0.29, 0.717) is 11.5 Å². The highest BCUT2D eigenvalue weighted by molar-refractivity contribution is 6.14. The van der Waals surface area contributed by atoms with Gasteiger partial charge in [0.2, 0.25) is 11.8 Å². The maximum absolute atomic E-state index is 11.9. The Hall–Kier alpha value is -2.57. The van der Waals surface area contributed by atoms with Crippen molar-refractivity contribution in [3.63, 3.8) is 0 Å². The molecule has 0 bridgehead atoms. The smallest absolute Gasteiger partial charge is 0.330 e. The van der Waals surface area contributed by atoms with Gasteiger partial charge in [-0.3, -0.25) is 19.8 Å². The first-order chi connectivity index (χ1) is 10.8. The average Bonchev–Trinajstić information content (AvgIpc) is 2.50. The molecular formula is C16H20N2O5. The largest absolute Gasteiger partial charge is 0.493 e. The lowest BCUT2D eigenvalue weighted by atomic mass is 9.83. The number of urea groups is 1. The number of rotatable bonds is 5. The quantitative estimate of drug-likeness (QED) is 0.830. The van der Waals surface area contributed by atoms with Gasteiger partial charge in [-0.2, -0.15) is 0 Å². The molecule has 23 heavy (non-hydrogen) atoms. The molecule has 1 aromatic rings. The standard InChI is InChI=1S/C16H20N2O5/c1-16(2,9-18-14(20)8-13(19)17-15(18)21)10-5-6-11(22-3)12(7-10)23-4/h5-7H,8-9H2,1-4H3,(H,17,19,21). The van der Waals surface area contributed by atoms with Gasteiger partial charge in [0.15, 0.2) is 11.5 Å². The third kappa shape index (κ3) is 3.44. The summed E-state index contributed by atoms with van der Waals surface area (Å²) in [5.74, 6) is 0.111. The van der Waals surface area contributed by atoms with Gasteiger partial charge >= 0.3 is 6.03 Å². The molecule has 0 saturated carbocycles. The van der Waals surface area contributed by atoms with Crippen LogP contribution >= 0.6 is 0 Å². The number of ether oxygens (including phenoxy) is 2. The number of hydrogen-bond donors (Lipinski definition) is 1. The molecule has 1 aliphatic rings. The predicted molar refractivity (Wildman–Crippen MR) is 82.4 cm³/mol. The normalized spacial score (nSPS) is 15.5. The lowest BCUT2D eigenvalue weighted by Crippen LogP contribution is -2.55. The summed E-state index contributed by atoms with van der Waals surface area (Å²) in [7, 11) is 3.10. The summed E-state index contributed by atoms with van der Waals surface area (Å²) in [6, 6.07) is 4.77. The van der Waals surface area contributed by atoms with Crippen LogP contribution in [0, 0.1) is 0 Å². The van der Waals surface area contributed by atoms with E-state index >= 15 is 0 Å². The second-order valence-corrected chi connectivity index (χ2v) is 5.96. The van der Waals surface area contributed by atoms with Crippen LogP contribution in [0.3, 0.4) is 0 Å². The van der Waals surface area contributed by atoms with E-state index in [0.717, 1.165) is 10.5 Å². The number of carbonyl (C=O) groups excluding carboxylic acids is 3. The number of barbiturate groups is 1. The Morgan fingerprint density at radius 1 is 1.13 bits per heavy atom. The van der Waals surface area contributed by atoms with Crippen LogP contribution < -0.4 is 14.8 Å². The number of carbonyl (C=O) groups is 3. The molecule has 0 radical (unpaired) electrons. The number of imide groups is 2. The highest BCUT2D eigenvalue weighted by Gasteiger charge is 2.35. The molecule has 0 unspecified atom stereocenters. The van der Waals surface area contributed by atoms with Crippen molar-refractivity contribution >= 4 is 17.8 Å². The average molecular weight is 320 g/mol. The summed E-state index contributed by atoms with van der Waals surface area (Å²) in [6.45, 7) is 3.97. The van der Waals surface area contributed by atoms with Crippen LogP contribution in [0.4, 0.5) is 4.79 Å². The van der Waals surface area contributed by atoms with Crippen LogP contribution in [0.1, 0.15) is 25.8 Å². The lowest BCUT2D eigenvalue weighted by Gasteiger charge is -2.33. The summed E-state index contributed by atoms with van der Waals surface area (Å²) in [5.41, 5.74) is 0.361. The number of methoxy groups -OCH3 is 2. The monoisotopic (exact) mass is 320 g/mol. The third-order valence-corrected chi connectivity index (χ3v) is 3.82. The molecule has 1 N–H and O–H groups in total. The van der Waals surface area contributed by atoms with Crippen LogP contribution in [0.15, 0.2) is 18.2 Å². The molecule has 0 spiro atoms. The van der Waals surface area contributed by atoms with Crippen LogP contribution in [0.5, 0.6) is 11.5 Å². The molecule has 7 nitrogen and oxygen atoms in total. The van der Waals surface area contributed by atoms with Gasteiger partial charge in [0, 0.05) is 12.0 Å². The zero-order valence-corrected chi connectivity index (χ0v) is 13.6. The molecule has 2 rings (SSSR count).